The summed E-state index contributed by atoms with van der Waals surface area (Å²) in [5, 5.41) is 6.05. The Hall–Kier alpha value is -1.89. The summed E-state index contributed by atoms with van der Waals surface area (Å²) in [6, 6.07) is -0.771. The number of allylic oxidation sites excluding steroid dienone is 1. The van der Waals surface area contributed by atoms with Gasteiger partial charge in [0.1, 0.15) is 11.6 Å². The second-order valence-electron chi connectivity index (χ2n) is 7.86. The molecule has 4 atom stereocenters. The van der Waals surface area contributed by atoms with Gasteiger partial charge in [0.15, 0.2) is 0 Å². The van der Waals surface area contributed by atoms with E-state index in [1.165, 1.54) is 7.11 Å². The molecular formula is C20H31N3O4. The first kappa shape index (κ1) is 19.9. The van der Waals surface area contributed by atoms with E-state index in [0.29, 0.717) is 19.4 Å². The fourth-order valence-corrected chi connectivity index (χ4v) is 4.38. The molecule has 2 aliphatic heterocycles. The summed E-state index contributed by atoms with van der Waals surface area (Å²) < 4.78 is 4.96. The molecule has 7 heteroatoms. The highest BCUT2D eigenvalue weighted by Crippen LogP contribution is 2.46. The lowest BCUT2D eigenvalue weighted by molar-refractivity contribution is -0.148. The molecule has 0 aromatic heterocycles. The molecule has 1 saturated carbocycles. The van der Waals surface area contributed by atoms with Gasteiger partial charge in [-0.1, -0.05) is 25.0 Å². The minimum Gasteiger partial charge on any atom is -0.467 e. The minimum atomic E-state index is -0.970. The molecule has 0 unspecified atom stereocenters. The number of amides is 2. The molecule has 1 saturated heterocycles. The predicted octanol–water partition coefficient (Wildman–Crippen LogP) is 1.13. The highest BCUT2D eigenvalue weighted by Gasteiger charge is 2.61. The van der Waals surface area contributed by atoms with Crippen molar-refractivity contribution < 1.29 is 19.1 Å². The molecule has 7 nitrogen and oxygen atoms in total. The van der Waals surface area contributed by atoms with Crippen molar-refractivity contribution in [1.82, 2.24) is 15.5 Å². The van der Waals surface area contributed by atoms with Crippen molar-refractivity contribution in [3.8, 4) is 0 Å². The average Bonchev–Trinajstić information content (AvgIpc) is 3.13. The lowest BCUT2D eigenvalue weighted by Gasteiger charge is -2.29. The van der Waals surface area contributed by atoms with Crippen LogP contribution < -0.4 is 10.6 Å². The van der Waals surface area contributed by atoms with Gasteiger partial charge >= 0.3 is 5.97 Å². The topological polar surface area (TPSA) is 87.7 Å². The van der Waals surface area contributed by atoms with Crippen LogP contribution in [0.4, 0.5) is 0 Å². The van der Waals surface area contributed by atoms with Crippen LogP contribution in [-0.2, 0) is 19.1 Å². The molecule has 2 N–H and O–H groups in total. The molecule has 2 amide bonds. The van der Waals surface area contributed by atoms with E-state index < -0.39 is 17.6 Å². The number of nitrogens with zero attached hydrogens (tertiary/aromatic N) is 1. The SMILES string of the molecule is CN[C@H]1CCCCC/C=C\[C@@H]2C[C@@]2(C(=O)OC)NC(=O)[C@@H]2CCCN2C1=O. The average molecular weight is 377 g/mol. The first-order valence-corrected chi connectivity index (χ1v) is 10.1. The predicted molar refractivity (Wildman–Crippen MR) is 101 cm³/mol. The molecule has 0 spiro atoms. The summed E-state index contributed by atoms with van der Waals surface area (Å²) in [5.74, 6) is -0.692. The Morgan fingerprint density at radius 1 is 1.26 bits per heavy atom. The number of fused-ring (bicyclic) bond motifs is 2. The van der Waals surface area contributed by atoms with E-state index in [0.717, 1.165) is 38.5 Å². The fourth-order valence-electron chi connectivity index (χ4n) is 4.38. The van der Waals surface area contributed by atoms with Crippen LogP contribution >= 0.6 is 0 Å². The number of carbonyl (C=O) groups is 3. The number of esters is 1. The zero-order valence-electron chi connectivity index (χ0n) is 16.3. The Labute approximate surface area is 160 Å². The van der Waals surface area contributed by atoms with Crippen molar-refractivity contribution >= 4 is 17.8 Å². The normalized spacial score (nSPS) is 35.9. The molecule has 1 aliphatic carbocycles. The van der Waals surface area contributed by atoms with Crippen LogP contribution in [0.5, 0.6) is 0 Å². The molecule has 27 heavy (non-hydrogen) atoms. The smallest absolute Gasteiger partial charge is 0.332 e. The van der Waals surface area contributed by atoms with Gasteiger partial charge < -0.3 is 20.3 Å². The summed E-state index contributed by atoms with van der Waals surface area (Å²) in [5.41, 5.74) is -0.970. The van der Waals surface area contributed by atoms with E-state index in [4.69, 9.17) is 4.74 Å². The van der Waals surface area contributed by atoms with Crippen molar-refractivity contribution in [1.29, 1.82) is 0 Å². The van der Waals surface area contributed by atoms with Crippen molar-refractivity contribution in [2.45, 2.75) is 69.0 Å². The summed E-state index contributed by atoms with van der Waals surface area (Å²) in [4.78, 5) is 40.0. The van der Waals surface area contributed by atoms with Crippen LogP contribution in [0.25, 0.3) is 0 Å². The van der Waals surface area contributed by atoms with Gasteiger partial charge in [-0.2, -0.15) is 0 Å². The Morgan fingerprint density at radius 2 is 2.07 bits per heavy atom. The molecule has 0 aromatic carbocycles. The Kier molecular flexibility index (Phi) is 6.19. The fraction of sp³-hybridized carbons (Fsp3) is 0.750. The summed E-state index contributed by atoms with van der Waals surface area (Å²) in [7, 11) is 3.15. The highest BCUT2D eigenvalue weighted by atomic mass is 16.5. The number of hydrogen-bond acceptors (Lipinski definition) is 5. The number of nitrogens with one attached hydrogen (secondary N) is 2. The lowest BCUT2D eigenvalue weighted by Crippen LogP contribution is -2.55. The van der Waals surface area contributed by atoms with Crippen LogP contribution in [0.1, 0.15) is 51.4 Å². The molecule has 3 aliphatic rings. The Bertz CT molecular complexity index is 620. The summed E-state index contributed by atoms with van der Waals surface area (Å²) in [6.45, 7) is 0.587. The van der Waals surface area contributed by atoms with Gasteiger partial charge in [0.2, 0.25) is 11.8 Å². The van der Waals surface area contributed by atoms with Crippen molar-refractivity contribution in [3.05, 3.63) is 12.2 Å². The third kappa shape index (κ3) is 4.03. The largest absolute Gasteiger partial charge is 0.467 e. The minimum absolute atomic E-state index is 0.0115. The van der Waals surface area contributed by atoms with Gasteiger partial charge in [0.25, 0.3) is 0 Å². The maximum absolute atomic E-state index is 13.0. The maximum Gasteiger partial charge on any atom is 0.332 e. The van der Waals surface area contributed by atoms with Gasteiger partial charge in [-0.3, -0.25) is 9.59 Å². The highest BCUT2D eigenvalue weighted by molar-refractivity contribution is 5.96. The molecule has 2 fully saturated rings. The number of rotatable bonds is 2. The first-order valence-electron chi connectivity index (χ1n) is 10.1. The number of ether oxygens (including phenoxy) is 1. The molecule has 0 bridgehead atoms. The third-order valence-electron chi connectivity index (χ3n) is 6.13. The lowest BCUT2D eigenvalue weighted by atomic mass is 10.1. The van der Waals surface area contributed by atoms with Crippen LogP contribution in [0, 0.1) is 5.92 Å². The third-order valence-corrected chi connectivity index (χ3v) is 6.13. The van der Waals surface area contributed by atoms with Gasteiger partial charge in [-0.05, 0) is 45.6 Å². The standard InChI is InChI=1S/C20H31N3O4/c1-21-15-10-7-5-3-4-6-9-14-13-20(14,19(26)27-2)22-17(24)16-11-8-12-23(16)18(15)25/h6,9,14-16,21H,3-5,7-8,10-13H2,1-2H3,(H,22,24)/b9-6-/t14-,15+,16+,20-/m1/s1. The number of carbonyl (C=O) groups excluding carboxylic acids is 3. The zero-order valence-corrected chi connectivity index (χ0v) is 16.3. The van der Waals surface area contributed by atoms with Crippen LogP contribution in [0.15, 0.2) is 12.2 Å². The Morgan fingerprint density at radius 3 is 2.81 bits per heavy atom. The summed E-state index contributed by atoms with van der Waals surface area (Å²) >= 11 is 0. The van der Waals surface area contributed by atoms with E-state index >= 15 is 0 Å². The van der Waals surface area contributed by atoms with Crippen LogP contribution in [0.3, 0.4) is 0 Å². The quantitative estimate of drug-likeness (QED) is 0.556. The molecule has 150 valence electrons. The van der Waals surface area contributed by atoms with Crippen molar-refractivity contribution in [2.75, 3.05) is 20.7 Å². The molecule has 0 aromatic rings. The number of methoxy groups -OCH3 is 1. The number of hydrogen-bond donors (Lipinski definition) is 2. The first-order chi connectivity index (χ1) is 13.0. The molecule has 0 radical (unpaired) electrons. The maximum atomic E-state index is 13.0. The van der Waals surface area contributed by atoms with Gasteiger partial charge in [-0.25, -0.2) is 4.79 Å². The molecule has 3 rings (SSSR count). The van der Waals surface area contributed by atoms with E-state index in [1.807, 2.05) is 6.08 Å². The van der Waals surface area contributed by atoms with Crippen molar-refractivity contribution in [3.63, 3.8) is 0 Å². The zero-order chi connectivity index (χ0) is 19.4. The summed E-state index contributed by atoms with van der Waals surface area (Å²) in [6.07, 6.45) is 10.9. The van der Waals surface area contributed by atoms with Gasteiger partial charge in [0.05, 0.1) is 13.2 Å². The van der Waals surface area contributed by atoms with Gasteiger partial charge in [0, 0.05) is 12.5 Å². The molecular weight excluding hydrogens is 346 g/mol. The second-order valence-corrected chi connectivity index (χ2v) is 7.86. The number of likely N-dealkylation sites (N-methyl/N-ethyl adjacent to an activating group) is 1. The van der Waals surface area contributed by atoms with Crippen LogP contribution in [-0.4, -0.2) is 61.0 Å². The van der Waals surface area contributed by atoms with E-state index in [9.17, 15) is 14.4 Å². The second kappa shape index (κ2) is 8.42. The monoisotopic (exact) mass is 377 g/mol. The van der Waals surface area contributed by atoms with Gasteiger partial charge in [-0.15, -0.1) is 0 Å². The van der Waals surface area contributed by atoms with Crippen LogP contribution in [0.2, 0.25) is 0 Å². The van der Waals surface area contributed by atoms with E-state index in [2.05, 4.69) is 16.7 Å². The van der Waals surface area contributed by atoms with E-state index in [-0.39, 0.29) is 23.8 Å². The molecule has 2 heterocycles. The van der Waals surface area contributed by atoms with Crippen molar-refractivity contribution in [2.24, 2.45) is 5.92 Å². The van der Waals surface area contributed by atoms with E-state index in [1.54, 1.807) is 11.9 Å². The Balaban J connectivity index is 1.82.